The van der Waals surface area contributed by atoms with E-state index in [4.69, 9.17) is 57.7 Å². The molecule has 0 aliphatic rings. The molecule has 21 heavy (non-hydrogen) atoms. The maximum absolute atomic E-state index is 8.88. The van der Waals surface area contributed by atoms with Crippen molar-refractivity contribution in [2.45, 2.75) is 0 Å². The van der Waals surface area contributed by atoms with E-state index in [1.807, 2.05) is 0 Å². The lowest BCUT2D eigenvalue weighted by Crippen LogP contribution is -2.24. The summed E-state index contributed by atoms with van der Waals surface area (Å²) in [7, 11) is -15.4. The summed E-state index contributed by atoms with van der Waals surface area (Å²) in [5.74, 6) is 0. The topological polar surface area (TPSA) is 469 Å². The molecule has 0 bridgehead atoms. The molecule has 0 aromatic heterocycles. The van der Waals surface area contributed by atoms with Crippen LogP contribution in [0, 0.1) is 0 Å². The molecule has 0 aromatic carbocycles. The monoisotopic (exact) mass is 396 g/mol. The van der Waals surface area contributed by atoms with Crippen LogP contribution < -0.4 is 66.3 Å². The fraction of sp³-hybridized carbons (Fsp3) is 0. The van der Waals surface area contributed by atoms with Crippen LogP contribution in [0.1, 0.15) is 0 Å². The summed E-state index contributed by atoms with van der Waals surface area (Å²) < 4.78 is 26.0. The zero-order valence-electron chi connectivity index (χ0n) is 12.4. The van der Waals surface area contributed by atoms with Crippen molar-refractivity contribution in [3.8, 4) is 0 Å². The quantitative estimate of drug-likeness (QED) is 0.175. The molecule has 21 heteroatoms. The molecule has 0 fully saturated rings. The third kappa shape index (κ3) is 812000. The van der Waals surface area contributed by atoms with Crippen molar-refractivity contribution >= 4 is 23.5 Å². The maximum atomic E-state index is 8.88. The molecule has 0 aliphatic carbocycles. The Morgan fingerprint density at radius 3 is 0.476 bits per heavy atom. The molecule has 0 aliphatic heterocycles. The molecular weight excluding hydrogens is 369 g/mol. The van der Waals surface area contributed by atoms with Gasteiger partial charge < -0.3 is 90.1 Å². The second kappa shape index (κ2) is 22.4. The summed E-state index contributed by atoms with van der Waals surface area (Å²) in [5, 5.41) is 0. The van der Waals surface area contributed by atoms with Crippen molar-refractivity contribution < 1.29 is 57.7 Å². The lowest BCUT2D eigenvalue weighted by molar-refractivity contribution is -0.434. The van der Waals surface area contributed by atoms with Gasteiger partial charge in [-0.25, -0.2) is 4.57 Å². The fourth-order valence-corrected chi connectivity index (χ4v) is 0. The first-order chi connectivity index (χ1) is 6.00. The summed E-state index contributed by atoms with van der Waals surface area (Å²) in [4.78, 5) is 72.9. The summed E-state index contributed by atoms with van der Waals surface area (Å²) in [6.45, 7) is 0. The minimum absolute atomic E-state index is 0. The van der Waals surface area contributed by atoms with Gasteiger partial charge in [-0.05, 0) is 0 Å². The van der Waals surface area contributed by atoms with Crippen LogP contribution in [-0.2, 0) is 13.7 Å². The Morgan fingerprint density at radius 2 is 0.476 bits per heavy atom. The van der Waals surface area contributed by atoms with Gasteiger partial charge in [-0.15, -0.1) is 0 Å². The molecule has 0 rings (SSSR count). The average Bonchev–Trinajstić information content (AvgIpc) is 1.41. The summed E-state index contributed by atoms with van der Waals surface area (Å²) in [5.41, 5.74) is 0. The van der Waals surface area contributed by atoms with Crippen LogP contribution in [0.3, 0.4) is 0 Å². The molecule has 0 unspecified atom stereocenters. The van der Waals surface area contributed by atoms with E-state index in [-0.39, 0.29) is 36.9 Å². The molecule has 0 radical (unpaired) electrons. The molecule has 144 valence electrons. The zero-order chi connectivity index (χ0) is 13.5. The second-order valence-electron chi connectivity index (χ2n) is 1.41. The smallest absolute Gasteiger partial charge is 0.466 e. The Hall–Kier alpha value is 0.0900. The van der Waals surface area contributed by atoms with Crippen LogP contribution in [0.15, 0.2) is 0 Å². The van der Waals surface area contributed by atoms with Crippen LogP contribution in [0.5, 0.6) is 0 Å². The summed E-state index contributed by atoms with van der Waals surface area (Å²) in [6.07, 6.45) is 0. The molecule has 0 aromatic rings. The number of quaternary nitrogens is 6. The molecule has 0 saturated carbocycles. The van der Waals surface area contributed by atoms with Gasteiger partial charge in [0, 0.05) is 0 Å². The summed E-state index contributed by atoms with van der Waals surface area (Å²) in [6, 6.07) is 0. The third-order valence-electron chi connectivity index (χ3n) is 0. The highest BCUT2D eigenvalue weighted by Gasteiger charge is 2.00. The maximum Gasteiger partial charge on any atom is 0.466 e. The highest BCUT2D eigenvalue weighted by atomic mass is 31.2. The van der Waals surface area contributed by atoms with E-state index in [1.54, 1.807) is 0 Å². The highest BCUT2D eigenvalue weighted by molar-refractivity contribution is 7.45. The van der Waals surface area contributed by atoms with Crippen molar-refractivity contribution in [3.05, 3.63) is 0 Å². The second-order valence-corrected chi connectivity index (χ2v) is 4.22. The fourth-order valence-electron chi connectivity index (χ4n) is 0. The van der Waals surface area contributed by atoms with Crippen molar-refractivity contribution in [2.75, 3.05) is 0 Å². The molecule has 0 amide bonds. The molecular formula is H27N6O12P3. The molecule has 18 nitrogen and oxygen atoms in total. The van der Waals surface area contributed by atoms with E-state index >= 15 is 0 Å². The van der Waals surface area contributed by atoms with Gasteiger partial charge in [0.2, 0.25) is 0 Å². The SMILES string of the molecule is O=P(O)(O)O.O=P([O-])([O-])[O-].O=P([O-])([O-])[O-].[NH4+].[NH4+].[NH4+].[NH4+].[NH4+].[NH4+]. The average molecular weight is 396 g/mol. The molecule has 0 spiro atoms. The molecule has 27 N–H and O–H groups in total. The summed E-state index contributed by atoms with van der Waals surface area (Å²) >= 11 is 0. The van der Waals surface area contributed by atoms with Crippen LogP contribution in [0.25, 0.3) is 0 Å². The van der Waals surface area contributed by atoms with Crippen LogP contribution >= 0.6 is 23.5 Å². The van der Waals surface area contributed by atoms with Crippen molar-refractivity contribution in [1.29, 1.82) is 0 Å². The molecule has 0 heterocycles. The highest BCUT2D eigenvalue weighted by Crippen LogP contribution is 2.25. The Labute approximate surface area is 119 Å². The van der Waals surface area contributed by atoms with Gasteiger partial charge in [0.1, 0.15) is 0 Å². The Morgan fingerprint density at radius 1 is 0.476 bits per heavy atom. The minimum Gasteiger partial charge on any atom is -0.822 e. The van der Waals surface area contributed by atoms with Gasteiger partial charge in [0.25, 0.3) is 0 Å². The van der Waals surface area contributed by atoms with Crippen molar-refractivity contribution in [3.63, 3.8) is 0 Å². The molecule has 0 atom stereocenters. The first-order valence-corrected chi connectivity index (χ1v) is 6.73. The van der Waals surface area contributed by atoms with Crippen LogP contribution in [-0.4, -0.2) is 14.7 Å². The van der Waals surface area contributed by atoms with Crippen LogP contribution in [0.2, 0.25) is 0 Å². The number of phosphoric acid groups is 3. The lowest BCUT2D eigenvalue weighted by atomic mass is 14.0. The number of hydrogen-bond acceptors (Lipinski definition) is 9. The number of rotatable bonds is 0. The van der Waals surface area contributed by atoms with E-state index in [2.05, 4.69) is 0 Å². The van der Waals surface area contributed by atoms with Gasteiger partial charge in [-0.1, -0.05) is 0 Å². The predicted molar refractivity (Wildman–Crippen MR) is 65.4 cm³/mol. The predicted octanol–water partition coefficient (Wildman–Crippen LogP) is -4.32. The first-order valence-electron chi connectivity index (χ1n) is 2.24. The first kappa shape index (κ1) is 58.2. The van der Waals surface area contributed by atoms with Gasteiger partial charge in [-0.3, -0.25) is 0 Å². The zero-order valence-corrected chi connectivity index (χ0v) is 15.0. The number of hydrogen-bond donors (Lipinski definition) is 9. The molecule has 0 saturated heterocycles. The Balaban J connectivity index is -0.0000000129. The van der Waals surface area contributed by atoms with Gasteiger partial charge >= 0.3 is 7.82 Å². The van der Waals surface area contributed by atoms with E-state index < -0.39 is 23.5 Å². The third-order valence-corrected chi connectivity index (χ3v) is 0. The Kier molecular flexibility index (Phi) is 62.0. The van der Waals surface area contributed by atoms with Gasteiger partial charge in [-0.2, -0.15) is 15.6 Å². The van der Waals surface area contributed by atoms with Crippen LogP contribution in [0.4, 0.5) is 0 Å². The Bertz CT molecular complexity index is 215. The lowest BCUT2D eigenvalue weighted by Gasteiger charge is -2.36. The minimum atomic E-state index is -5.39. The van der Waals surface area contributed by atoms with Gasteiger partial charge in [0.05, 0.1) is 0 Å². The normalized spacial score (nSPS) is 8.43. The van der Waals surface area contributed by atoms with Gasteiger partial charge in [0.15, 0.2) is 0 Å². The van der Waals surface area contributed by atoms with E-state index in [0.717, 1.165) is 0 Å². The largest absolute Gasteiger partial charge is 0.822 e. The standard InChI is InChI=1S/6H3N.3H3O4P/c;;;;;;3*1-5(2,3)4/h6*1H3;3*(H3,1,2,3,4). The van der Waals surface area contributed by atoms with Crippen molar-refractivity contribution in [1.82, 2.24) is 36.9 Å². The van der Waals surface area contributed by atoms with E-state index in [1.165, 1.54) is 0 Å². The van der Waals surface area contributed by atoms with Crippen molar-refractivity contribution in [2.24, 2.45) is 0 Å². The van der Waals surface area contributed by atoms with E-state index in [0.29, 0.717) is 0 Å². The van der Waals surface area contributed by atoms with E-state index in [9.17, 15) is 0 Å².